The molecule has 0 radical (unpaired) electrons. The molecule has 0 spiro atoms. The van der Waals surface area contributed by atoms with E-state index in [0.29, 0.717) is 16.4 Å². The fourth-order valence-corrected chi connectivity index (χ4v) is 2.23. The van der Waals surface area contributed by atoms with E-state index in [9.17, 15) is 9.59 Å². The molecule has 0 bridgehead atoms. The Morgan fingerprint density at radius 3 is 2.18 bits per heavy atom. The second-order valence-corrected chi connectivity index (χ2v) is 5.68. The van der Waals surface area contributed by atoms with E-state index in [1.165, 1.54) is 12.1 Å². The first kappa shape index (κ1) is 16.3. The number of benzene rings is 2. The molecular formula is C16H14Cl2N2O2. The Hall–Kier alpha value is -2.04. The first-order chi connectivity index (χ1) is 10.4. The van der Waals surface area contributed by atoms with Crippen molar-refractivity contribution in [3.63, 3.8) is 0 Å². The van der Waals surface area contributed by atoms with Crippen LogP contribution in [0.1, 0.15) is 11.1 Å². The number of hydrogen-bond acceptors (Lipinski definition) is 2. The molecule has 2 aromatic rings. The quantitative estimate of drug-likeness (QED) is 0.808. The summed E-state index contributed by atoms with van der Waals surface area (Å²) in [5.41, 5.74) is 3.02. The molecular weight excluding hydrogens is 323 g/mol. The third-order valence-corrected chi connectivity index (χ3v) is 3.70. The van der Waals surface area contributed by atoms with Crippen molar-refractivity contribution < 1.29 is 9.59 Å². The van der Waals surface area contributed by atoms with E-state index < -0.39 is 11.8 Å². The summed E-state index contributed by atoms with van der Waals surface area (Å²) in [6, 6.07) is 10.0. The molecule has 0 fully saturated rings. The van der Waals surface area contributed by atoms with Crippen LogP contribution in [0.4, 0.5) is 11.4 Å². The Bertz CT molecular complexity index is 745. The van der Waals surface area contributed by atoms with Gasteiger partial charge in [-0.25, -0.2) is 0 Å². The zero-order valence-corrected chi connectivity index (χ0v) is 13.5. The standard InChI is InChI=1S/C16H14Cl2N2O2/c1-9-3-5-12(7-10(9)2)19-15(21)16(22)20-14-6-4-11(17)8-13(14)18/h3-8H,1-2H3,(H,19,21)(H,20,22). The zero-order chi connectivity index (χ0) is 16.3. The van der Waals surface area contributed by atoms with Crippen molar-refractivity contribution in [3.05, 3.63) is 57.6 Å². The molecule has 6 heteroatoms. The van der Waals surface area contributed by atoms with Crippen molar-refractivity contribution >= 4 is 46.4 Å². The molecule has 2 amide bonds. The number of hydrogen-bond donors (Lipinski definition) is 2. The van der Waals surface area contributed by atoms with Gasteiger partial charge in [-0.1, -0.05) is 29.3 Å². The summed E-state index contributed by atoms with van der Waals surface area (Å²) in [5.74, 6) is -1.57. The van der Waals surface area contributed by atoms with Gasteiger partial charge in [-0.3, -0.25) is 9.59 Å². The van der Waals surface area contributed by atoms with Gasteiger partial charge in [-0.15, -0.1) is 0 Å². The van der Waals surface area contributed by atoms with Crippen LogP contribution < -0.4 is 10.6 Å². The third kappa shape index (κ3) is 4.00. The molecule has 0 saturated heterocycles. The second kappa shape index (κ2) is 6.81. The maximum Gasteiger partial charge on any atom is 0.314 e. The lowest BCUT2D eigenvalue weighted by molar-refractivity contribution is -0.132. The molecule has 2 rings (SSSR count). The number of nitrogens with one attached hydrogen (secondary N) is 2. The monoisotopic (exact) mass is 336 g/mol. The van der Waals surface area contributed by atoms with Gasteiger partial charge in [0.1, 0.15) is 0 Å². The Morgan fingerprint density at radius 2 is 1.55 bits per heavy atom. The molecule has 4 nitrogen and oxygen atoms in total. The predicted molar refractivity (Wildman–Crippen MR) is 89.6 cm³/mol. The summed E-state index contributed by atoms with van der Waals surface area (Å²) in [4.78, 5) is 23.8. The van der Waals surface area contributed by atoms with Gasteiger partial charge in [-0.05, 0) is 55.3 Å². The Labute approximate surface area is 138 Å². The molecule has 22 heavy (non-hydrogen) atoms. The fraction of sp³-hybridized carbons (Fsp3) is 0.125. The SMILES string of the molecule is Cc1ccc(NC(=O)C(=O)Nc2ccc(Cl)cc2Cl)cc1C. The van der Waals surface area contributed by atoms with Crippen molar-refractivity contribution in [2.45, 2.75) is 13.8 Å². The number of carbonyl (C=O) groups excluding carboxylic acids is 2. The summed E-state index contributed by atoms with van der Waals surface area (Å²) >= 11 is 11.7. The van der Waals surface area contributed by atoms with Gasteiger partial charge >= 0.3 is 11.8 Å². The van der Waals surface area contributed by atoms with E-state index >= 15 is 0 Å². The summed E-state index contributed by atoms with van der Waals surface area (Å²) < 4.78 is 0. The summed E-state index contributed by atoms with van der Waals surface area (Å²) in [7, 11) is 0. The van der Waals surface area contributed by atoms with Crippen LogP contribution >= 0.6 is 23.2 Å². The molecule has 0 heterocycles. The van der Waals surface area contributed by atoms with E-state index in [0.717, 1.165) is 11.1 Å². The molecule has 114 valence electrons. The molecule has 0 atom stereocenters. The van der Waals surface area contributed by atoms with Gasteiger partial charge in [0.25, 0.3) is 0 Å². The fourth-order valence-electron chi connectivity index (χ4n) is 1.78. The smallest absolute Gasteiger partial charge is 0.314 e. The first-order valence-corrected chi connectivity index (χ1v) is 7.27. The lowest BCUT2D eigenvalue weighted by Gasteiger charge is -2.09. The topological polar surface area (TPSA) is 58.2 Å². The highest BCUT2D eigenvalue weighted by atomic mass is 35.5. The van der Waals surface area contributed by atoms with E-state index in [1.54, 1.807) is 18.2 Å². The van der Waals surface area contributed by atoms with E-state index in [2.05, 4.69) is 10.6 Å². The number of amides is 2. The second-order valence-electron chi connectivity index (χ2n) is 4.83. The van der Waals surface area contributed by atoms with Crippen molar-refractivity contribution in [3.8, 4) is 0 Å². The number of anilines is 2. The highest BCUT2D eigenvalue weighted by Crippen LogP contribution is 2.25. The average molecular weight is 337 g/mol. The van der Waals surface area contributed by atoms with E-state index in [-0.39, 0.29) is 5.02 Å². The van der Waals surface area contributed by atoms with E-state index in [1.807, 2.05) is 19.9 Å². The molecule has 0 aliphatic carbocycles. The number of aryl methyl sites for hydroxylation is 2. The maximum atomic E-state index is 11.9. The van der Waals surface area contributed by atoms with Crippen LogP contribution in [0.3, 0.4) is 0 Å². The normalized spacial score (nSPS) is 10.2. The highest BCUT2D eigenvalue weighted by molar-refractivity contribution is 6.45. The molecule has 2 aromatic carbocycles. The minimum Gasteiger partial charge on any atom is -0.318 e. The van der Waals surface area contributed by atoms with E-state index in [4.69, 9.17) is 23.2 Å². The average Bonchev–Trinajstić information content (AvgIpc) is 2.45. The highest BCUT2D eigenvalue weighted by Gasteiger charge is 2.15. The minimum absolute atomic E-state index is 0.264. The van der Waals surface area contributed by atoms with Crippen LogP contribution in [0.2, 0.25) is 10.0 Å². The maximum absolute atomic E-state index is 11.9. The Morgan fingerprint density at radius 1 is 0.864 bits per heavy atom. The Kier molecular flexibility index (Phi) is 5.06. The van der Waals surface area contributed by atoms with Crippen LogP contribution in [0.25, 0.3) is 0 Å². The number of rotatable bonds is 2. The number of halogens is 2. The molecule has 0 aliphatic rings. The molecule has 0 unspecified atom stereocenters. The lowest BCUT2D eigenvalue weighted by Crippen LogP contribution is -2.29. The van der Waals surface area contributed by atoms with Gasteiger partial charge in [0, 0.05) is 10.7 Å². The summed E-state index contributed by atoms with van der Waals surface area (Å²) in [5, 5.41) is 5.69. The van der Waals surface area contributed by atoms with Crippen LogP contribution in [0, 0.1) is 13.8 Å². The zero-order valence-electron chi connectivity index (χ0n) is 12.0. The van der Waals surface area contributed by atoms with Crippen molar-refractivity contribution in [2.24, 2.45) is 0 Å². The van der Waals surface area contributed by atoms with Gasteiger partial charge in [0.2, 0.25) is 0 Å². The minimum atomic E-state index is -0.803. The first-order valence-electron chi connectivity index (χ1n) is 6.51. The van der Waals surface area contributed by atoms with Crippen LogP contribution in [-0.2, 0) is 9.59 Å². The number of carbonyl (C=O) groups is 2. The summed E-state index contributed by atoms with van der Waals surface area (Å²) in [6.07, 6.45) is 0. The van der Waals surface area contributed by atoms with Crippen LogP contribution in [0.15, 0.2) is 36.4 Å². The van der Waals surface area contributed by atoms with Crippen molar-refractivity contribution in [1.82, 2.24) is 0 Å². The van der Waals surface area contributed by atoms with Crippen LogP contribution in [-0.4, -0.2) is 11.8 Å². The van der Waals surface area contributed by atoms with Gasteiger partial charge in [0.05, 0.1) is 10.7 Å². The van der Waals surface area contributed by atoms with Crippen molar-refractivity contribution in [1.29, 1.82) is 0 Å². The largest absolute Gasteiger partial charge is 0.318 e. The van der Waals surface area contributed by atoms with Gasteiger partial charge in [0.15, 0.2) is 0 Å². The molecule has 0 aromatic heterocycles. The van der Waals surface area contributed by atoms with Gasteiger partial charge < -0.3 is 10.6 Å². The lowest BCUT2D eigenvalue weighted by atomic mass is 10.1. The molecule has 0 saturated carbocycles. The molecule has 2 N–H and O–H groups in total. The van der Waals surface area contributed by atoms with Gasteiger partial charge in [-0.2, -0.15) is 0 Å². The van der Waals surface area contributed by atoms with Crippen LogP contribution in [0.5, 0.6) is 0 Å². The third-order valence-electron chi connectivity index (χ3n) is 3.15. The molecule has 0 aliphatic heterocycles. The summed E-state index contributed by atoms with van der Waals surface area (Å²) in [6.45, 7) is 3.90. The Balaban J connectivity index is 2.05. The van der Waals surface area contributed by atoms with Crippen molar-refractivity contribution in [2.75, 3.05) is 10.6 Å². The predicted octanol–water partition coefficient (Wildman–Crippen LogP) is 4.19.